The van der Waals surface area contributed by atoms with E-state index in [0.717, 1.165) is 12.0 Å². The summed E-state index contributed by atoms with van der Waals surface area (Å²) < 4.78 is 4.90. The fourth-order valence-electron chi connectivity index (χ4n) is 2.19. The minimum atomic E-state index is -0.313. The van der Waals surface area contributed by atoms with Crippen molar-refractivity contribution in [1.29, 1.82) is 0 Å². The van der Waals surface area contributed by atoms with Crippen LogP contribution in [0, 0.1) is 6.92 Å². The number of hydrogen-bond acceptors (Lipinski definition) is 4. The van der Waals surface area contributed by atoms with E-state index in [2.05, 4.69) is 15.8 Å². The van der Waals surface area contributed by atoms with Crippen LogP contribution in [0.2, 0.25) is 0 Å². The Hall–Kier alpha value is -2.83. The van der Waals surface area contributed by atoms with E-state index in [4.69, 9.17) is 4.52 Å². The second-order valence-corrected chi connectivity index (χ2v) is 5.44. The predicted octanol–water partition coefficient (Wildman–Crippen LogP) is 2.54. The highest BCUT2D eigenvalue weighted by atomic mass is 16.5. The maximum absolute atomic E-state index is 12.3. The molecule has 1 heterocycles. The van der Waals surface area contributed by atoms with Crippen LogP contribution in [-0.2, 0) is 11.3 Å². The molecule has 0 unspecified atom stereocenters. The van der Waals surface area contributed by atoms with Crippen molar-refractivity contribution >= 4 is 17.8 Å². The van der Waals surface area contributed by atoms with Crippen molar-refractivity contribution in [1.82, 2.24) is 15.4 Å². The first-order chi connectivity index (χ1) is 11.6. The molecule has 1 aromatic carbocycles. The molecule has 7 nitrogen and oxygen atoms in total. The molecular weight excluding hydrogens is 308 g/mol. The SMILES string of the molecule is CCCN(CC(=O)Nc1cc(C)on1)C(=O)NCc1ccccc1. The van der Waals surface area contributed by atoms with Gasteiger partial charge in [0.15, 0.2) is 5.82 Å². The van der Waals surface area contributed by atoms with Crippen molar-refractivity contribution in [3.05, 3.63) is 47.7 Å². The van der Waals surface area contributed by atoms with Crippen molar-refractivity contribution in [2.24, 2.45) is 0 Å². The molecule has 0 saturated carbocycles. The highest BCUT2D eigenvalue weighted by molar-refractivity contribution is 5.93. The Bertz CT molecular complexity index is 669. The molecule has 3 amide bonds. The Morgan fingerprint density at radius 3 is 2.62 bits per heavy atom. The lowest BCUT2D eigenvalue weighted by atomic mass is 10.2. The molecule has 0 radical (unpaired) electrons. The van der Waals surface area contributed by atoms with Gasteiger partial charge in [0, 0.05) is 19.2 Å². The smallest absolute Gasteiger partial charge is 0.318 e. The van der Waals surface area contributed by atoms with Gasteiger partial charge in [-0.3, -0.25) is 4.79 Å². The van der Waals surface area contributed by atoms with E-state index >= 15 is 0 Å². The van der Waals surface area contributed by atoms with Crippen LogP contribution < -0.4 is 10.6 Å². The summed E-state index contributed by atoms with van der Waals surface area (Å²) in [5.41, 5.74) is 1.00. The third kappa shape index (κ3) is 5.42. The molecule has 0 fully saturated rings. The van der Waals surface area contributed by atoms with E-state index in [1.165, 1.54) is 4.90 Å². The van der Waals surface area contributed by atoms with Crippen LogP contribution in [0.1, 0.15) is 24.7 Å². The van der Waals surface area contributed by atoms with Gasteiger partial charge >= 0.3 is 6.03 Å². The van der Waals surface area contributed by atoms with Gasteiger partial charge in [0.25, 0.3) is 0 Å². The number of amides is 3. The van der Waals surface area contributed by atoms with Crippen LogP contribution in [-0.4, -0.2) is 35.1 Å². The summed E-state index contributed by atoms with van der Waals surface area (Å²) in [6.45, 7) is 4.57. The monoisotopic (exact) mass is 330 g/mol. The van der Waals surface area contributed by atoms with Gasteiger partial charge in [0.2, 0.25) is 5.91 Å². The molecule has 2 rings (SSSR count). The maximum atomic E-state index is 12.3. The van der Waals surface area contributed by atoms with Crippen LogP contribution in [0.25, 0.3) is 0 Å². The van der Waals surface area contributed by atoms with Gasteiger partial charge in [-0.1, -0.05) is 42.4 Å². The van der Waals surface area contributed by atoms with Crippen molar-refractivity contribution in [3.63, 3.8) is 0 Å². The van der Waals surface area contributed by atoms with Gasteiger partial charge in [-0.15, -0.1) is 0 Å². The lowest BCUT2D eigenvalue weighted by Gasteiger charge is -2.21. The third-order valence-corrected chi connectivity index (χ3v) is 3.30. The number of nitrogens with zero attached hydrogens (tertiary/aromatic N) is 2. The molecule has 2 N–H and O–H groups in total. The number of hydrogen-bond donors (Lipinski definition) is 2. The van der Waals surface area contributed by atoms with Gasteiger partial charge in [0.05, 0.1) is 0 Å². The minimum Gasteiger partial charge on any atom is -0.360 e. The summed E-state index contributed by atoms with van der Waals surface area (Å²) in [5, 5.41) is 9.15. The molecule has 0 bridgehead atoms. The van der Waals surface area contributed by atoms with Gasteiger partial charge < -0.3 is 20.1 Å². The first kappa shape index (κ1) is 17.5. The average molecular weight is 330 g/mol. The number of urea groups is 1. The van der Waals surface area contributed by atoms with Crippen molar-refractivity contribution in [3.8, 4) is 0 Å². The van der Waals surface area contributed by atoms with Crippen molar-refractivity contribution in [2.45, 2.75) is 26.8 Å². The fourth-order valence-corrected chi connectivity index (χ4v) is 2.19. The van der Waals surface area contributed by atoms with Crippen LogP contribution in [0.15, 0.2) is 40.9 Å². The van der Waals surface area contributed by atoms with E-state index < -0.39 is 0 Å². The number of aromatic nitrogens is 1. The molecule has 0 aliphatic heterocycles. The molecule has 128 valence electrons. The molecule has 0 aliphatic carbocycles. The number of nitrogens with one attached hydrogen (secondary N) is 2. The number of anilines is 1. The lowest BCUT2D eigenvalue weighted by molar-refractivity contribution is -0.116. The standard InChI is InChI=1S/C17H22N4O3/c1-3-9-21(12-16(22)19-15-10-13(2)24-20-15)17(23)18-11-14-7-5-4-6-8-14/h4-8,10H,3,9,11-12H2,1-2H3,(H,18,23)(H,19,20,22). The molecule has 2 aromatic rings. The van der Waals surface area contributed by atoms with E-state index in [0.29, 0.717) is 24.7 Å². The van der Waals surface area contributed by atoms with Gasteiger partial charge in [-0.05, 0) is 18.9 Å². The van der Waals surface area contributed by atoms with Crippen LogP contribution >= 0.6 is 0 Å². The average Bonchev–Trinajstić information content (AvgIpc) is 2.98. The number of aryl methyl sites for hydroxylation is 1. The third-order valence-electron chi connectivity index (χ3n) is 3.30. The zero-order chi connectivity index (χ0) is 17.4. The Morgan fingerprint density at radius 2 is 2.00 bits per heavy atom. The minimum absolute atomic E-state index is 0.0413. The maximum Gasteiger partial charge on any atom is 0.318 e. The first-order valence-corrected chi connectivity index (χ1v) is 7.88. The molecule has 7 heteroatoms. The number of carbonyl (C=O) groups excluding carboxylic acids is 2. The Labute approximate surface area is 141 Å². The number of rotatable bonds is 7. The lowest BCUT2D eigenvalue weighted by Crippen LogP contribution is -2.44. The summed E-state index contributed by atoms with van der Waals surface area (Å²) in [6.07, 6.45) is 0.759. The normalized spacial score (nSPS) is 10.2. The fraction of sp³-hybridized carbons (Fsp3) is 0.353. The quantitative estimate of drug-likeness (QED) is 0.816. The highest BCUT2D eigenvalue weighted by Crippen LogP contribution is 2.07. The summed E-state index contributed by atoms with van der Waals surface area (Å²) in [6, 6.07) is 11.0. The molecule has 0 saturated heterocycles. The summed E-state index contributed by atoms with van der Waals surface area (Å²) >= 11 is 0. The van der Waals surface area contributed by atoms with Crippen LogP contribution in [0.3, 0.4) is 0 Å². The number of benzene rings is 1. The van der Waals surface area contributed by atoms with Crippen LogP contribution in [0.5, 0.6) is 0 Å². The van der Waals surface area contributed by atoms with E-state index in [1.807, 2.05) is 37.3 Å². The van der Waals surface area contributed by atoms with Crippen LogP contribution in [0.4, 0.5) is 10.6 Å². The molecule has 0 spiro atoms. The summed E-state index contributed by atoms with van der Waals surface area (Å²) in [5.74, 6) is 0.640. The first-order valence-electron chi connectivity index (χ1n) is 7.88. The van der Waals surface area contributed by atoms with Crippen molar-refractivity contribution in [2.75, 3.05) is 18.4 Å². The Morgan fingerprint density at radius 1 is 1.25 bits per heavy atom. The summed E-state index contributed by atoms with van der Waals surface area (Å²) in [4.78, 5) is 25.8. The van der Waals surface area contributed by atoms with E-state index in [-0.39, 0.29) is 18.5 Å². The van der Waals surface area contributed by atoms with E-state index in [1.54, 1.807) is 13.0 Å². The van der Waals surface area contributed by atoms with Crippen molar-refractivity contribution < 1.29 is 14.1 Å². The van der Waals surface area contributed by atoms with Gasteiger partial charge in [0.1, 0.15) is 12.3 Å². The Balaban J connectivity index is 1.87. The summed E-state index contributed by atoms with van der Waals surface area (Å²) in [7, 11) is 0. The molecule has 1 aromatic heterocycles. The topological polar surface area (TPSA) is 87.5 Å². The predicted molar refractivity (Wildman–Crippen MR) is 90.4 cm³/mol. The molecule has 0 atom stereocenters. The zero-order valence-electron chi connectivity index (χ0n) is 13.9. The van der Waals surface area contributed by atoms with E-state index in [9.17, 15) is 9.59 Å². The zero-order valence-corrected chi connectivity index (χ0v) is 13.9. The largest absolute Gasteiger partial charge is 0.360 e. The highest BCUT2D eigenvalue weighted by Gasteiger charge is 2.17. The second kappa shape index (κ2) is 8.71. The number of carbonyl (C=O) groups is 2. The van der Waals surface area contributed by atoms with Gasteiger partial charge in [-0.2, -0.15) is 0 Å². The second-order valence-electron chi connectivity index (χ2n) is 5.44. The van der Waals surface area contributed by atoms with Gasteiger partial charge in [-0.25, -0.2) is 4.79 Å². The molecule has 24 heavy (non-hydrogen) atoms. The molecule has 0 aliphatic rings. The Kier molecular flexibility index (Phi) is 6.36. The molecular formula is C17H22N4O3.